The summed E-state index contributed by atoms with van der Waals surface area (Å²) in [6.45, 7) is 3.66. The van der Waals surface area contributed by atoms with Gasteiger partial charge >= 0.3 is 0 Å². The van der Waals surface area contributed by atoms with Gasteiger partial charge in [-0.3, -0.25) is 4.90 Å². The third kappa shape index (κ3) is 2.99. The number of methoxy groups -OCH3 is 1. The van der Waals surface area contributed by atoms with E-state index in [1.807, 2.05) is 0 Å². The molecule has 3 nitrogen and oxygen atoms in total. The molecule has 2 heterocycles. The first kappa shape index (κ1) is 13.9. The van der Waals surface area contributed by atoms with Crippen molar-refractivity contribution in [1.82, 2.24) is 10.2 Å². The minimum atomic E-state index is 0.531. The average molecular weight is 274 g/mol. The van der Waals surface area contributed by atoms with E-state index in [4.69, 9.17) is 4.74 Å². The number of rotatable bonds is 4. The average Bonchev–Trinajstić information content (AvgIpc) is 3.03. The second-order valence-corrected chi connectivity index (χ2v) is 6.02. The highest BCUT2D eigenvalue weighted by Gasteiger charge is 2.31. The Bertz CT molecular complexity index is 406. The summed E-state index contributed by atoms with van der Waals surface area (Å²) in [7, 11) is 1.73. The number of hydrogen-bond donors (Lipinski definition) is 1. The number of nitrogens with zero attached hydrogens (tertiary/aromatic N) is 1. The van der Waals surface area contributed by atoms with Gasteiger partial charge in [0.05, 0.1) is 13.2 Å². The zero-order valence-electron chi connectivity index (χ0n) is 12.5. The second-order valence-electron chi connectivity index (χ2n) is 6.02. The molecule has 2 atom stereocenters. The predicted octanol–water partition coefficient (Wildman–Crippen LogP) is 2.97. The molecular weight excluding hydrogens is 248 g/mol. The molecule has 0 bridgehead atoms. The van der Waals surface area contributed by atoms with E-state index in [0.717, 1.165) is 5.75 Å². The highest BCUT2D eigenvalue weighted by Crippen LogP contribution is 2.32. The van der Waals surface area contributed by atoms with E-state index in [-0.39, 0.29) is 0 Å². The van der Waals surface area contributed by atoms with Gasteiger partial charge < -0.3 is 10.1 Å². The van der Waals surface area contributed by atoms with Crippen LogP contribution in [0.25, 0.3) is 0 Å². The normalized spacial score (nSPS) is 25.6. The largest absolute Gasteiger partial charge is 0.497 e. The molecule has 20 heavy (non-hydrogen) atoms. The number of ether oxygens (including phenoxy) is 1. The molecule has 0 amide bonds. The van der Waals surface area contributed by atoms with Crippen LogP contribution >= 0.6 is 0 Å². The smallest absolute Gasteiger partial charge is 0.118 e. The van der Waals surface area contributed by atoms with E-state index < -0.39 is 0 Å². The lowest BCUT2D eigenvalue weighted by atomic mass is 9.94. The van der Waals surface area contributed by atoms with Crippen molar-refractivity contribution in [2.75, 3.05) is 26.7 Å². The fraction of sp³-hybridized carbons (Fsp3) is 0.647. The van der Waals surface area contributed by atoms with Gasteiger partial charge in [-0.15, -0.1) is 0 Å². The van der Waals surface area contributed by atoms with Crippen LogP contribution < -0.4 is 10.1 Å². The minimum absolute atomic E-state index is 0.531. The number of nitrogens with one attached hydrogen (secondary N) is 1. The summed E-state index contributed by atoms with van der Waals surface area (Å²) in [5, 5.41) is 3.71. The molecule has 2 saturated heterocycles. The topological polar surface area (TPSA) is 24.5 Å². The highest BCUT2D eigenvalue weighted by molar-refractivity contribution is 5.30. The Morgan fingerprint density at radius 2 is 1.85 bits per heavy atom. The van der Waals surface area contributed by atoms with Crippen molar-refractivity contribution in [2.24, 2.45) is 0 Å². The van der Waals surface area contributed by atoms with Gasteiger partial charge in [0.15, 0.2) is 0 Å². The summed E-state index contributed by atoms with van der Waals surface area (Å²) >= 11 is 0. The van der Waals surface area contributed by atoms with Crippen molar-refractivity contribution in [3.05, 3.63) is 29.8 Å². The van der Waals surface area contributed by atoms with Gasteiger partial charge in [-0.1, -0.05) is 18.6 Å². The summed E-state index contributed by atoms with van der Waals surface area (Å²) in [5.41, 5.74) is 1.44. The number of piperidine rings is 1. The second kappa shape index (κ2) is 6.59. The third-order valence-corrected chi connectivity index (χ3v) is 4.72. The molecule has 3 rings (SSSR count). The van der Waals surface area contributed by atoms with Crippen LogP contribution in [0.2, 0.25) is 0 Å². The molecule has 0 saturated carbocycles. The molecule has 2 unspecified atom stereocenters. The predicted molar refractivity (Wildman–Crippen MR) is 82.2 cm³/mol. The van der Waals surface area contributed by atoms with E-state index in [1.165, 1.54) is 57.3 Å². The van der Waals surface area contributed by atoms with E-state index in [0.29, 0.717) is 12.1 Å². The zero-order valence-corrected chi connectivity index (χ0v) is 12.5. The zero-order chi connectivity index (χ0) is 13.8. The maximum Gasteiger partial charge on any atom is 0.118 e. The lowest BCUT2D eigenvalue weighted by Crippen LogP contribution is -2.43. The van der Waals surface area contributed by atoms with Crippen molar-refractivity contribution < 1.29 is 4.74 Å². The van der Waals surface area contributed by atoms with Crippen molar-refractivity contribution in [3.8, 4) is 5.75 Å². The lowest BCUT2D eigenvalue weighted by molar-refractivity contribution is 0.136. The van der Waals surface area contributed by atoms with Gasteiger partial charge in [-0.25, -0.2) is 0 Å². The van der Waals surface area contributed by atoms with Gasteiger partial charge in [0, 0.05) is 6.04 Å². The van der Waals surface area contributed by atoms with Gasteiger partial charge in [0.25, 0.3) is 0 Å². The van der Waals surface area contributed by atoms with Gasteiger partial charge in [0.2, 0.25) is 0 Å². The first-order valence-electron chi connectivity index (χ1n) is 8.00. The molecule has 110 valence electrons. The molecule has 1 N–H and O–H groups in total. The first-order valence-corrected chi connectivity index (χ1v) is 8.00. The molecule has 3 heteroatoms. The minimum Gasteiger partial charge on any atom is -0.497 e. The Kier molecular flexibility index (Phi) is 4.58. The monoisotopic (exact) mass is 274 g/mol. The molecular formula is C17H26N2O. The maximum absolute atomic E-state index is 5.29. The van der Waals surface area contributed by atoms with Crippen LogP contribution in [0, 0.1) is 0 Å². The van der Waals surface area contributed by atoms with Crippen LogP contribution in [-0.4, -0.2) is 37.7 Å². The van der Waals surface area contributed by atoms with E-state index in [9.17, 15) is 0 Å². The van der Waals surface area contributed by atoms with Crippen LogP contribution in [0.5, 0.6) is 5.75 Å². The van der Waals surface area contributed by atoms with Gasteiger partial charge in [-0.2, -0.15) is 0 Å². The highest BCUT2D eigenvalue weighted by atomic mass is 16.5. The summed E-state index contributed by atoms with van der Waals surface area (Å²) in [5.74, 6) is 0.950. The van der Waals surface area contributed by atoms with Crippen LogP contribution in [0.1, 0.15) is 43.7 Å². The molecule has 1 aromatic carbocycles. The van der Waals surface area contributed by atoms with E-state index in [2.05, 4.69) is 34.5 Å². The van der Waals surface area contributed by atoms with Crippen molar-refractivity contribution in [1.29, 1.82) is 0 Å². The number of benzene rings is 1. The molecule has 2 aliphatic rings. The molecule has 2 fully saturated rings. The Labute approximate surface area is 122 Å². The standard InChI is InChI=1S/C17H26N2O/c1-20-15-9-7-14(8-10-15)17(16-6-5-11-18-16)19-12-3-2-4-13-19/h7-10,16-18H,2-6,11-13H2,1H3. The molecule has 1 aromatic rings. The number of hydrogen-bond acceptors (Lipinski definition) is 3. The molecule has 0 radical (unpaired) electrons. The fourth-order valence-corrected chi connectivity index (χ4v) is 3.68. The van der Waals surface area contributed by atoms with E-state index in [1.54, 1.807) is 7.11 Å². The Balaban J connectivity index is 1.82. The Morgan fingerprint density at radius 3 is 2.45 bits per heavy atom. The molecule has 2 aliphatic heterocycles. The number of likely N-dealkylation sites (tertiary alicyclic amines) is 1. The summed E-state index contributed by atoms with van der Waals surface area (Å²) in [4.78, 5) is 2.69. The summed E-state index contributed by atoms with van der Waals surface area (Å²) in [6, 6.07) is 9.84. The Morgan fingerprint density at radius 1 is 1.10 bits per heavy atom. The van der Waals surface area contributed by atoms with Gasteiger partial charge in [-0.05, 0) is 63.0 Å². The van der Waals surface area contributed by atoms with Crippen molar-refractivity contribution >= 4 is 0 Å². The third-order valence-electron chi connectivity index (χ3n) is 4.72. The lowest BCUT2D eigenvalue weighted by Gasteiger charge is -2.38. The molecule has 0 spiro atoms. The van der Waals surface area contributed by atoms with Crippen LogP contribution in [0.4, 0.5) is 0 Å². The SMILES string of the molecule is COc1ccc(C(C2CCCN2)N2CCCCC2)cc1. The van der Waals surface area contributed by atoms with Crippen molar-refractivity contribution in [2.45, 2.75) is 44.2 Å². The van der Waals surface area contributed by atoms with Crippen LogP contribution in [0.3, 0.4) is 0 Å². The van der Waals surface area contributed by atoms with Crippen LogP contribution in [0.15, 0.2) is 24.3 Å². The summed E-state index contributed by atoms with van der Waals surface area (Å²) in [6.07, 6.45) is 6.70. The first-order chi connectivity index (χ1) is 9.88. The van der Waals surface area contributed by atoms with Gasteiger partial charge in [0.1, 0.15) is 5.75 Å². The van der Waals surface area contributed by atoms with E-state index >= 15 is 0 Å². The van der Waals surface area contributed by atoms with Crippen LogP contribution in [-0.2, 0) is 0 Å². The quantitative estimate of drug-likeness (QED) is 0.913. The van der Waals surface area contributed by atoms with Crippen molar-refractivity contribution in [3.63, 3.8) is 0 Å². The molecule has 0 aliphatic carbocycles. The summed E-state index contributed by atoms with van der Waals surface area (Å²) < 4.78 is 5.29. The Hall–Kier alpha value is -1.06. The fourth-order valence-electron chi connectivity index (χ4n) is 3.68. The molecule has 0 aromatic heterocycles. The maximum atomic E-state index is 5.29.